The van der Waals surface area contributed by atoms with Gasteiger partial charge >= 0.3 is 0 Å². The van der Waals surface area contributed by atoms with E-state index in [4.69, 9.17) is 9.47 Å². The summed E-state index contributed by atoms with van der Waals surface area (Å²) in [6.07, 6.45) is 2.23. The van der Waals surface area contributed by atoms with Crippen molar-refractivity contribution < 1.29 is 19.1 Å². The van der Waals surface area contributed by atoms with Crippen LogP contribution in [0.5, 0.6) is 11.5 Å². The number of rotatable bonds is 9. The molecule has 6 nitrogen and oxygen atoms in total. The van der Waals surface area contributed by atoms with Crippen molar-refractivity contribution in [2.75, 3.05) is 20.8 Å². The molecule has 2 N–H and O–H groups in total. The molecule has 1 aromatic rings. The van der Waals surface area contributed by atoms with Crippen LogP contribution in [-0.4, -0.2) is 38.6 Å². The summed E-state index contributed by atoms with van der Waals surface area (Å²) in [5, 5.41) is 5.86. The zero-order valence-corrected chi connectivity index (χ0v) is 15.4. The molecule has 1 fully saturated rings. The van der Waals surface area contributed by atoms with Crippen LogP contribution in [0.25, 0.3) is 0 Å². The molecule has 25 heavy (non-hydrogen) atoms. The third kappa shape index (κ3) is 5.11. The summed E-state index contributed by atoms with van der Waals surface area (Å²) >= 11 is 0. The fourth-order valence-corrected chi connectivity index (χ4v) is 2.72. The molecule has 0 bridgehead atoms. The van der Waals surface area contributed by atoms with Crippen LogP contribution in [0, 0.1) is 11.8 Å². The highest BCUT2D eigenvalue weighted by Gasteiger charge is 2.47. The van der Waals surface area contributed by atoms with Gasteiger partial charge in [0.05, 0.1) is 26.1 Å². The summed E-state index contributed by atoms with van der Waals surface area (Å²) in [6.45, 7) is 4.53. The Morgan fingerprint density at radius 1 is 1.16 bits per heavy atom. The second-order valence-electron chi connectivity index (χ2n) is 6.50. The third-order valence-electron chi connectivity index (χ3n) is 4.63. The van der Waals surface area contributed by atoms with Crippen LogP contribution in [0.1, 0.15) is 32.3 Å². The molecule has 1 aliphatic rings. The number of methoxy groups -OCH3 is 2. The van der Waals surface area contributed by atoms with Gasteiger partial charge in [-0.05, 0) is 43.9 Å². The van der Waals surface area contributed by atoms with Crippen molar-refractivity contribution >= 4 is 11.8 Å². The molecule has 2 amide bonds. The van der Waals surface area contributed by atoms with Crippen LogP contribution < -0.4 is 20.1 Å². The highest BCUT2D eigenvalue weighted by atomic mass is 16.5. The molecule has 3 unspecified atom stereocenters. The first kappa shape index (κ1) is 19.1. The number of ether oxygens (including phenoxy) is 2. The Balaban J connectivity index is 1.75. The van der Waals surface area contributed by atoms with Gasteiger partial charge in [0.1, 0.15) is 0 Å². The maximum absolute atomic E-state index is 12.2. The van der Waals surface area contributed by atoms with Crippen LogP contribution in [0.2, 0.25) is 0 Å². The number of benzene rings is 1. The molecule has 3 atom stereocenters. The van der Waals surface area contributed by atoms with E-state index in [1.165, 1.54) is 0 Å². The highest BCUT2D eigenvalue weighted by molar-refractivity contribution is 5.92. The van der Waals surface area contributed by atoms with Crippen molar-refractivity contribution in [1.82, 2.24) is 10.6 Å². The Kier molecular flexibility index (Phi) is 6.67. The Morgan fingerprint density at radius 3 is 2.48 bits per heavy atom. The van der Waals surface area contributed by atoms with E-state index in [0.29, 0.717) is 30.9 Å². The highest BCUT2D eigenvalue weighted by Crippen LogP contribution is 2.38. The number of carbonyl (C=O) groups excluding carboxylic acids is 2. The van der Waals surface area contributed by atoms with E-state index in [0.717, 1.165) is 12.0 Å². The second-order valence-corrected chi connectivity index (χ2v) is 6.50. The van der Waals surface area contributed by atoms with Gasteiger partial charge in [-0.25, -0.2) is 0 Å². The van der Waals surface area contributed by atoms with Crippen molar-refractivity contribution in [3.05, 3.63) is 23.8 Å². The monoisotopic (exact) mass is 348 g/mol. The number of nitrogens with one attached hydrogen (secondary N) is 2. The average Bonchev–Trinajstić information content (AvgIpc) is 3.42. The zero-order valence-electron chi connectivity index (χ0n) is 15.4. The maximum Gasteiger partial charge on any atom is 0.224 e. The number of amides is 2. The molecular formula is C19H28N2O4. The van der Waals surface area contributed by atoms with Crippen LogP contribution in [-0.2, 0) is 16.0 Å². The first-order chi connectivity index (χ1) is 12.0. The quantitative estimate of drug-likeness (QED) is 0.715. The minimum absolute atomic E-state index is 0.00519. The molecule has 0 heterocycles. The third-order valence-corrected chi connectivity index (χ3v) is 4.63. The summed E-state index contributed by atoms with van der Waals surface area (Å²) in [7, 11) is 3.20. The van der Waals surface area contributed by atoms with Crippen LogP contribution >= 0.6 is 0 Å². The van der Waals surface area contributed by atoms with Gasteiger partial charge in [-0.15, -0.1) is 0 Å². The molecule has 138 valence electrons. The first-order valence-electron chi connectivity index (χ1n) is 8.79. The number of carbonyl (C=O) groups is 2. The lowest BCUT2D eigenvalue weighted by atomic mass is 10.1. The molecule has 0 spiro atoms. The number of hydrogen-bond acceptors (Lipinski definition) is 4. The lowest BCUT2D eigenvalue weighted by molar-refractivity contribution is -0.127. The molecule has 1 aromatic carbocycles. The van der Waals surface area contributed by atoms with E-state index in [9.17, 15) is 9.59 Å². The summed E-state index contributed by atoms with van der Waals surface area (Å²) < 4.78 is 10.5. The zero-order chi connectivity index (χ0) is 18.4. The smallest absolute Gasteiger partial charge is 0.224 e. The molecule has 6 heteroatoms. The van der Waals surface area contributed by atoms with Crippen molar-refractivity contribution in [3.63, 3.8) is 0 Å². The predicted octanol–water partition coefficient (Wildman–Crippen LogP) is 1.91. The van der Waals surface area contributed by atoms with Gasteiger partial charge in [-0.1, -0.05) is 13.0 Å². The topological polar surface area (TPSA) is 76.7 Å². The van der Waals surface area contributed by atoms with Crippen LogP contribution in [0.4, 0.5) is 0 Å². The lowest BCUT2D eigenvalue weighted by Gasteiger charge is -2.11. The fraction of sp³-hybridized carbons (Fsp3) is 0.579. The van der Waals surface area contributed by atoms with Crippen molar-refractivity contribution in [2.24, 2.45) is 11.8 Å². The fourth-order valence-electron chi connectivity index (χ4n) is 2.72. The minimum Gasteiger partial charge on any atom is -0.493 e. The Labute approximate surface area is 149 Å². The summed E-state index contributed by atoms with van der Waals surface area (Å²) in [5.74, 6) is 0.961. The van der Waals surface area contributed by atoms with E-state index in [2.05, 4.69) is 10.6 Å². The SMILES string of the molecule is CCC(C)NC(=O)C1CC1C(=O)NCCc1ccc(OC)c(OC)c1. The molecule has 0 radical (unpaired) electrons. The first-order valence-corrected chi connectivity index (χ1v) is 8.79. The van der Waals surface area contributed by atoms with Crippen molar-refractivity contribution in [3.8, 4) is 11.5 Å². The second kappa shape index (κ2) is 8.74. The molecule has 0 aliphatic heterocycles. The summed E-state index contributed by atoms with van der Waals surface area (Å²) in [4.78, 5) is 24.2. The van der Waals surface area contributed by atoms with Gasteiger partial charge in [0, 0.05) is 12.6 Å². The molecular weight excluding hydrogens is 320 g/mol. The van der Waals surface area contributed by atoms with Gasteiger partial charge in [-0.2, -0.15) is 0 Å². The van der Waals surface area contributed by atoms with Gasteiger partial charge < -0.3 is 20.1 Å². The normalized spacial score (nSPS) is 19.7. The summed E-state index contributed by atoms with van der Waals surface area (Å²) in [6, 6.07) is 5.87. The molecule has 2 rings (SSSR count). The molecule has 1 aliphatic carbocycles. The van der Waals surface area contributed by atoms with Crippen LogP contribution in [0.15, 0.2) is 18.2 Å². The lowest BCUT2D eigenvalue weighted by Crippen LogP contribution is -2.35. The standard InChI is InChI=1S/C19H28N2O4/c1-5-12(2)21-19(23)15-11-14(15)18(22)20-9-8-13-6-7-16(24-3)17(10-13)25-4/h6-7,10,12,14-15H,5,8-9,11H2,1-4H3,(H,20,22)(H,21,23). The number of hydrogen-bond donors (Lipinski definition) is 2. The minimum atomic E-state index is -0.186. The van der Waals surface area contributed by atoms with Crippen LogP contribution in [0.3, 0.4) is 0 Å². The van der Waals surface area contributed by atoms with Gasteiger partial charge in [-0.3, -0.25) is 9.59 Å². The van der Waals surface area contributed by atoms with E-state index in [1.54, 1.807) is 14.2 Å². The molecule has 0 aromatic heterocycles. The Morgan fingerprint density at radius 2 is 1.84 bits per heavy atom. The van der Waals surface area contributed by atoms with Gasteiger partial charge in [0.2, 0.25) is 11.8 Å². The Bertz CT molecular complexity index is 617. The van der Waals surface area contributed by atoms with Gasteiger partial charge in [0.25, 0.3) is 0 Å². The molecule has 1 saturated carbocycles. The van der Waals surface area contributed by atoms with Gasteiger partial charge in [0.15, 0.2) is 11.5 Å². The van der Waals surface area contributed by atoms with E-state index in [1.807, 2.05) is 32.0 Å². The van der Waals surface area contributed by atoms with E-state index in [-0.39, 0.29) is 29.7 Å². The molecule has 0 saturated heterocycles. The largest absolute Gasteiger partial charge is 0.493 e. The maximum atomic E-state index is 12.2. The van der Waals surface area contributed by atoms with E-state index >= 15 is 0 Å². The van der Waals surface area contributed by atoms with Crippen molar-refractivity contribution in [2.45, 2.75) is 39.2 Å². The van der Waals surface area contributed by atoms with E-state index < -0.39 is 0 Å². The van der Waals surface area contributed by atoms with Crippen molar-refractivity contribution in [1.29, 1.82) is 0 Å². The summed E-state index contributed by atoms with van der Waals surface area (Å²) in [5.41, 5.74) is 1.06. The average molecular weight is 348 g/mol. The predicted molar refractivity (Wildman–Crippen MR) is 95.8 cm³/mol. The Hall–Kier alpha value is -2.24.